The van der Waals surface area contributed by atoms with Crippen LogP contribution >= 0.6 is 23.5 Å². The van der Waals surface area contributed by atoms with Crippen molar-refractivity contribution < 1.29 is 63.2 Å². The van der Waals surface area contributed by atoms with Gasteiger partial charge in [-0.15, -0.1) is 0 Å². The van der Waals surface area contributed by atoms with Crippen molar-refractivity contribution in [1.29, 1.82) is 0 Å². The Morgan fingerprint density at radius 3 is 0.842 bits per heavy atom. The van der Waals surface area contributed by atoms with Crippen molar-refractivity contribution in [2.75, 3.05) is 0 Å². The molecule has 0 aliphatic rings. The molecule has 11 N–H and O–H groups in total. The first-order valence-corrected chi connectivity index (χ1v) is 6.83. The summed E-state index contributed by atoms with van der Waals surface area (Å²) in [6.07, 6.45) is 0. The maximum absolute atomic E-state index is 10.4. The van der Waals surface area contributed by atoms with Crippen LogP contribution in [0.2, 0.25) is 0 Å². The fraction of sp³-hybridized carbons (Fsp3) is 0. The second kappa shape index (κ2) is 18.0. The standard InChI is InChI=1S/3K.H5O10P3.3H2O.3H/c;;;1-11(2,3)9-13(7,8)10-12(4,5)6;;;;;;/h;;;(H,7,8)(H2,1,2,3)(H2,4,5,6);3*1H2;;;. The van der Waals surface area contributed by atoms with E-state index in [9.17, 15) is 13.7 Å². The molecule has 0 heterocycles. The van der Waals surface area contributed by atoms with Crippen molar-refractivity contribution in [3.8, 4) is 0 Å². The number of phosphoric acid groups is 3. The van der Waals surface area contributed by atoms with E-state index in [2.05, 4.69) is 8.62 Å². The second-order valence-corrected chi connectivity index (χ2v) is 5.82. The predicted octanol–water partition coefficient (Wildman–Crippen LogP) is -5.11. The Kier molecular flexibility index (Phi) is 41.7. The molecule has 0 aromatic rings. The molecule has 0 amide bonds. The van der Waals surface area contributed by atoms with Crippen LogP contribution in [-0.2, 0) is 22.3 Å². The minimum absolute atomic E-state index is 0. The zero-order valence-corrected chi connectivity index (χ0v) is 9.80. The van der Waals surface area contributed by atoms with E-state index < -0.39 is 23.5 Å². The first kappa shape index (κ1) is 44.0. The van der Waals surface area contributed by atoms with Gasteiger partial charge in [0.25, 0.3) is 0 Å². The molecular formula is H14K3O13P3. The van der Waals surface area contributed by atoms with Gasteiger partial charge in [-0.25, -0.2) is 13.7 Å². The van der Waals surface area contributed by atoms with Crippen LogP contribution in [-0.4, -0.2) is 195 Å². The molecule has 19 heteroatoms. The van der Waals surface area contributed by atoms with Crippen LogP contribution in [0.25, 0.3) is 0 Å². The van der Waals surface area contributed by atoms with Crippen molar-refractivity contribution in [3.05, 3.63) is 0 Å². The Bertz CT molecular complexity index is 285. The molecule has 0 saturated carbocycles. The fourth-order valence-corrected chi connectivity index (χ4v) is 2.82. The molecule has 13 nitrogen and oxygen atoms in total. The molecule has 0 aliphatic carbocycles. The van der Waals surface area contributed by atoms with Gasteiger partial charge in [0.05, 0.1) is 0 Å². The summed E-state index contributed by atoms with van der Waals surface area (Å²) in [5, 5.41) is 0. The molecular weight excluding hydrogens is 418 g/mol. The topological polar surface area (TPSA) is 265 Å². The van der Waals surface area contributed by atoms with Gasteiger partial charge < -0.3 is 40.9 Å². The number of rotatable bonds is 4. The third-order valence-electron chi connectivity index (χ3n) is 0.419. The average molecular weight is 432 g/mol. The van der Waals surface area contributed by atoms with E-state index in [0.29, 0.717) is 0 Å². The quantitative estimate of drug-likeness (QED) is 0.208. The summed E-state index contributed by atoms with van der Waals surface area (Å²) in [5.74, 6) is 0. The first-order valence-electron chi connectivity index (χ1n) is 2.28. The van der Waals surface area contributed by atoms with Gasteiger partial charge in [-0.2, -0.15) is 8.62 Å². The molecule has 0 aromatic heterocycles. The molecule has 0 saturated heterocycles. The van der Waals surface area contributed by atoms with Crippen LogP contribution in [0.1, 0.15) is 0 Å². The minimum atomic E-state index is -5.46. The zero-order chi connectivity index (χ0) is 10.9. The summed E-state index contributed by atoms with van der Waals surface area (Å²) >= 11 is 0. The Labute approximate surface area is 234 Å². The molecule has 0 rings (SSSR count). The number of hydrogen-bond donors (Lipinski definition) is 5. The third-order valence-corrected chi connectivity index (χ3v) is 3.77. The molecule has 0 spiro atoms. The van der Waals surface area contributed by atoms with Gasteiger partial charge in [0.2, 0.25) is 0 Å². The summed E-state index contributed by atoms with van der Waals surface area (Å²) < 4.78 is 36.4. The average Bonchev–Trinajstić information content (AvgIpc) is 1.43. The molecule has 19 heavy (non-hydrogen) atoms. The van der Waals surface area contributed by atoms with Crippen molar-refractivity contribution >= 4 is 178 Å². The summed E-state index contributed by atoms with van der Waals surface area (Å²) in [5.41, 5.74) is 0. The first-order chi connectivity index (χ1) is 5.41. The van der Waals surface area contributed by atoms with Gasteiger partial charge in [0, 0.05) is 0 Å². The van der Waals surface area contributed by atoms with Gasteiger partial charge in [-0.05, 0) is 0 Å². The SMILES string of the molecule is O.O.O.O=P(O)(O)OP(=O)(O)OP(=O)(O)O.[KH].[KH].[KH]. The van der Waals surface area contributed by atoms with Crippen molar-refractivity contribution in [2.24, 2.45) is 0 Å². The molecule has 0 bridgehead atoms. The fourth-order valence-electron chi connectivity index (χ4n) is 0.284. The summed E-state index contributed by atoms with van der Waals surface area (Å²) in [6.45, 7) is 0. The van der Waals surface area contributed by atoms with Gasteiger partial charge in [-0.1, -0.05) is 0 Å². The summed E-state index contributed by atoms with van der Waals surface area (Å²) in [7, 11) is -16.2. The molecule has 0 fully saturated rings. The summed E-state index contributed by atoms with van der Waals surface area (Å²) in [6, 6.07) is 0. The maximum atomic E-state index is 10.4. The Balaban J connectivity index is -0.0000000480. The molecule has 0 unspecified atom stereocenters. The predicted molar refractivity (Wildman–Crippen MR) is 68.4 cm³/mol. The van der Waals surface area contributed by atoms with Crippen molar-refractivity contribution in [2.45, 2.75) is 0 Å². The normalized spacial score (nSPS) is 9.95. The van der Waals surface area contributed by atoms with Crippen molar-refractivity contribution in [3.63, 3.8) is 0 Å². The molecule has 110 valence electrons. The van der Waals surface area contributed by atoms with Crippen LogP contribution in [0.15, 0.2) is 0 Å². The molecule has 0 radical (unpaired) electrons. The van der Waals surface area contributed by atoms with Gasteiger partial charge in [-0.3, -0.25) is 0 Å². The van der Waals surface area contributed by atoms with Crippen LogP contribution in [0.5, 0.6) is 0 Å². The second-order valence-electron chi connectivity index (χ2n) is 1.61. The van der Waals surface area contributed by atoms with Gasteiger partial charge in [0.15, 0.2) is 0 Å². The molecule has 0 aromatic carbocycles. The van der Waals surface area contributed by atoms with E-state index in [1.54, 1.807) is 0 Å². The monoisotopic (exact) mass is 432 g/mol. The van der Waals surface area contributed by atoms with E-state index >= 15 is 0 Å². The molecule has 0 aliphatic heterocycles. The van der Waals surface area contributed by atoms with Crippen molar-refractivity contribution in [1.82, 2.24) is 0 Å². The Morgan fingerprint density at radius 2 is 0.737 bits per heavy atom. The summed E-state index contributed by atoms with van der Waals surface area (Å²) in [4.78, 5) is 40.2. The van der Waals surface area contributed by atoms with E-state index in [-0.39, 0.29) is 171 Å². The van der Waals surface area contributed by atoms with E-state index in [1.165, 1.54) is 0 Å². The molecule has 0 atom stereocenters. The van der Waals surface area contributed by atoms with E-state index in [1.807, 2.05) is 0 Å². The van der Waals surface area contributed by atoms with E-state index in [0.717, 1.165) is 0 Å². The zero-order valence-electron chi connectivity index (χ0n) is 7.12. The van der Waals surface area contributed by atoms with Gasteiger partial charge >= 0.3 is 178 Å². The number of hydrogen-bond acceptors (Lipinski definition) is 5. The Hall–Kier alpha value is 5.20. The van der Waals surface area contributed by atoms with Crippen LogP contribution < -0.4 is 0 Å². The van der Waals surface area contributed by atoms with Gasteiger partial charge in [0.1, 0.15) is 0 Å². The van der Waals surface area contributed by atoms with Crippen LogP contribution in [0.4, 0.5) is 0 Å². The van der Waals surface area contributed by atoms with Crippen LogP contribution in [0, 0.1) is 0 Å². The third kappa shape index (κ3) is 35.2. The Morgan fingerprint density at radius 1 is 0.579 bits per heavy atom. The van der Waals surface area contributed by atoms with E-state index in [4.69, 9.17) is 24.5 Å². The van der Waals surface area contributed by atoms with Crippen LogP contribution in [0.3, 0.4) is 0 Å².